The third-order valence-corrected chi connectivity index (χ3v) is 4.72. The Morgan fingerprint density at radius 2 is 1.83 bits per heavy atom. The molecule has 0 spiro atoms. The molecular formula is C17H26N4OS. The number of guanidine groups is 1. The fourth-order valence-electron chi connectivity index (χ4n) is 2.49. The van der Waals surface area contributed by atoms with Crippen molar-refractivity contribution in [1.82, 2.24) is 15.1 Å². The minimum atomic E-state index is 0.158. The fraction of sp³-hybridized carbons (Fsp3) is 0.529. The third-order valence-electron chi connectivity index (χ3n) is 3.72. The molecule has 0 atom stereocenters. The number of carbonyl (C=O) groups is 1. The van der Waals surface area contributed by atoms with Gasteiger partial charge in [-0.2, -0.15) is 0 Å². The van der Waals surface area contributed by atoms with Crippen LogP contribution in [0.25, 0.3) is 0 Å². The molecule has 1 aliphatic rings. The Balaban J connectivity index is 1.82. The van der Waals surface area contributed by atoms with Crippen molar-refractivity contribution in [1.29, 1.82) is 0 Å². The van der Waals surface area contributed by atoms with Crippen LogP contribution >= 0.6 is 11.8 Å². The molecule has 0 unspecified atom stereocenters. The number of piperazine rings is 1. The normalized spacial score (nSPS) is 15.7. The summed E-state index contributed by atoms with van der Waals surface area (Å²) >= 11 is 1.83. The molecule has 0 saturated carbocycles. The molecule has 23 heavy (non-hydrogen) atoms. The van der Waals surface area contributed by atoms with E-state index in [9.17, 15) is 4.79 Å². The van der Waals surface area contributed by atoms with Crippen LogP contribution in [0.3, 0.4) is 0 Å². The largest absolute Gasteiger partial charge is 0.357 e. The van der Waals surface area contributed by atoms with Crippen LogP contribution in [0.2, 0.25) is 0 Å². The highest BCUT2D eigenvalue weighted by Crippen LogP contribution is 2.16. The van der Waals surface area contributed by atoms with Gasteiger partial charge in [0.25, 0.3) is 0 Å². The maximum atomic E-state index is 11.4. The SMILES string of the molecule is CCNC(=NCCSc1ccccc1)N1CCN(C(C)=O)CC1. The molecule has 126 valence electrons. The van der Waals surface area contributed by atoms with Crippen molar-refractivity contribution in [3.63, 3.8) is 0 Å². The minimum Gasteiger partial charge on any atom is -0.357 e. The maximum absolute atomic E-state index is 11.4. The highest BCUT2D eigenvalue weighted by atomic mass is 32.2. The van der Waals surface area contributed by atoms with Crippen molar-refractivity contribution >= 4 is 23.6 Å². The Hall–Kier alpha value is -1.69. The van der Waals surface area contributed by atoms with E-state index in [-0.39, 0.29) is 5.91 Å². The number of carbonyl (C=O) groups excluding carboxylic acids is 1. The van der Waals surface area contributed by atoms with Gasteiger partial charge in [-0.25, -0.2) is 0 Å². The smallest absolute Gasteiger partial charge is 0.219 e. The van der Waals surface area contributed by atoms with Crippen LogP contribution in [0.15, 0.2) is 40.2 Å². The number of nitrogens with zero attached hydrogens (tertiary/aromatic N) is 3. The van der Waals surface area contributed by atoms with Gasteiger partial charge in [0.15, 0.2) is 5.96 Å². The fourth-order valence-corrected chi connectivity index (χ4v) is 3.26. The molecule has 1 N–H and O–H groups in total. The predicted molar refractivity (Wildman–Crippen MR) is 97.0 cm³/mol. The Labute approximate surface area is 143 Å². The molecular weight excluding hydrogens is 308 g/mol. The van der Waals surface area contributed by atoms with Crippen molar-refractivity contribution in [3.05, 3.63) is 30.3 Å². The molecule has 0 bridgehead atoms. The molecule has 1 fully saturated rings. The first-order valence-electron chi connectivity index (χ1n) is 8.17. The molecule has 1 aliphatic heterocycles. The summed E-state index contributed by atoms with van der Waals surface area (Å²) in [5, 5.41) is 3.36. The van der Waals surface area contributed by atoms with Gasteiger partial charge in [-0.1, -0.05) is 18.2 Å². The molecule has 2 rings (SSSR count). The summed E-state index contributed by atoms with van der Waals surface area (Å²) in [4.78, 5) is 21.6. The average Bonchev–Trinajstić information content (AvgIpc) is 2.58. The zero-order valence-electron chi connectivity index (χ0n) is 14.0. The van der Waals surface area contributed by atoms with E-state index in [2.05, 4.69) is 41.4 Å². The molecule has 0 radical (unpaired) electrons. The van der Waals surface area contributed by atoms with Gasteiger partial charge in [0.05, 0.1) is 6.54 Å². The number of hydrogen-bond donors (Lipinski definition) is 1. The van der Waals surface area contributed by atoms with E-state index >= 15 is 0 Å². The molecule has 6 heteroatoms. The van der Waals surface area contributed by atoms with Crippen LogP contribution < -0.4 is 5.32 Å². The molecule has 1 aromatic rings. The van der Waals surface area contributed by atoms with E-state index < -0.39 is 0 Å². The van der Waals surface area contributed by atoms with E-state index in [0.717, 1.165) is 51.0 Å². The minimum absolute atomic E-state index is 0.158. The van der Waals surface area contributed by atoms with Crippen molar-refractivity contribution in [2.24, 2.45) is 4.99 Å². The van der Waals surface area contributed by atoms with Gasteiger partial charge in [0.1, 0.15) is 0 Å². The van der Waals surface area contributed by atoms with E-state index in [1.54, 1.807) is 6.92 Å². The standard InChI is InChI=1S/C17H26N4OS/c1-3-18-17(21-12-10-20(11-13-21)15(2)22)19-9-14-23-16-7-5-4-6-8-16/h4-8H,3,9-14H2,1-2H3,(H,18,19). The molecule has 1 aromatic carbocycles. The summed E-state index contributed by atoms with van der Waals surface area (Å²) in [7, 11) is 0. The van der Waals surface area contributed by atoms with E-state index in [1.807, 2.05) is 22.7 Å². The van der Waals surface area contributed by atoms with Gasteiger partial charge in [-0.15, -0.1) is 11.8 Å². The zero-order chi connectivity index (χ0) is 16.5. The summed E-state index contributed by atoms with van der Waals surface area (Å²) in [5.74, 6) is 2.09. The van der Waals surface area contributed by atoms with Gasteiger partial charge in [0, 0.05) is 50.3 Å². The monoisotopic (exact) mass is 334 g/mol. The summed E-state index contributed by atoms with van der Waals surface area (Å²) in [6, 6.07) is 10.4. The Bertz CT molecular complexity index is 513. The molecule has 1 saturated heterocycles. The lowest BCUT2D eigenvalue weighted by molar-refractivity contribution is -0.130. The van der Waals surface area contributed by atoms with Gasteiger partial charge in [-0.05, 0) is 19.1 Å². The predicted octanol–water partition coefficient (Wildman–Crippen LogP) is 1.91. The lowest BCUT2D eigenvalue weighted by Crippen LogP contribution is -2.53. The second-order valence-electron chi connectivity index (χ2n) is 5.39. The number of thioether (sulfide) groups is 1. The van der Waals surface area contributed by atoms with Crippen molar-refractivity contribution in [2.75, 3.05) is 45.0 Å². The van der Waals surface area contributed by atoms with Gasteiger partial charge < -0.3 is 15.1 Å². The first-order valence-corrected chi connectivity index (χ1v) is 9.16. The van der Waals surface area contributed by atoms with Crippen molar-refractivity contribution in [2.45, 2.75) is 18.7 Å². The molecule has 1 amide bonds. The Morgan fingerprint density at radius 3 is 2.43 bits per heavy atom. The molecule has 5 nitrogen and oxygen atoms in total. The number of rotatable bonds is 5. The summed E-state index contributed by atoms with van der Waals surface area (Å²) in [5.41, 5.74) is 0. The van der Waals surface area contributed by atoms with Crippen molar-refractivity contribution < 1.29 is 4.79 Å². The number of benzene rings is 1. The molecule has 0 aromatic heterocycles. The first-order chi connectivity index (χ1) is 11.2. The third kappa shape index (κ3) is 5.78. The Morgan fingerprint density at radius 1 is 1.17 bits per heavy atom. The van der Waals surface area contributed by atoms with Crippen molar-refractivity contribution in [3.8, 4) is 0 Å². The highest BCUT2D eigenvalue weighted by Gasteiger charge is 2.20. The van der Waals surface area contributed by atoms with Crippen LogP contribution in [0, 0.1) is 0 Å². The quantitative estimate of drug-likeness (QED) is 0.387. The van der Waals surface area contributed by atoms with E-state index in [1.165, 1.54) is 4.90 Å². The van der Waals surface area contributed by atoms with E-state index in [0.29, 0.717) is 0 Å². The zero-order valence-corrected chi connectivity index (χ0v) is 14.8. The topological polar surface area (TPSA) is 47.9 Å². The van der Waals surface area contributed by atoms with Crippen LogP contribution in [-0.4, -0.2) is 66.7 Å². The maximum Gasteiger partial charge on any atom is 0.219 e. The second-order valence-corrected chi connectivity index (χ2v) is 6.56. The number of nitrogens with one attached hydrogen (secondary N) is 1. The van der Waals surface area contributed by atoms with Crippen LogP contribution in [0.4, 0.5) is 0 Å². The number of hydrogen-bond acceptors (Lipinski definition) is 3. The highest BCUT2D eigenvalue weighted by molar-refractivity contribution is 7.99. The molecule has 0 aliphatic carbocycles. The number of amides is 1. The van der Waals surface area contributed by atoms with Crippen LogP contribution in [0.1, 0.15) is 13.8 Å². The lowest BCUT2D eigenvalue weighted by atomic mass is 10.3. The summed E-state index contributed by atoms with van der Waals surface area (Å²) < 4.78 is 0. The summed E-state index contributed by atoms with van der Waals surface area (Å²) in [6.45, 7) is 8.60. The molecule has 1 heterocycles. The second kappa shape index (κ2) is 9.45. The van der Waals surface area contributed by atoms with Gasteiger partial charge in [0.2, 0.25) is 5.91 Å². The summed E-state index contributed by atoms with van der Waals surface area (Å²) in [6.07, 6.45) is 0. The average molecular weight is 334 g/mol. The lowest BCUT2D eigenvalue weighted by Gasteiger charge is -2.36. The van der Waals surface area contributed by atoms with Gasteiger partial charge >= 0.3 is 0 Å². The van der Waals surface area contributed by atoms with E-state index in [4.69, 9.17) is 4.99 Å². The van der Waals surface area contributed by atoms with Crippen LogP contribution in [0.5, 0.6) is 0 Å². The first kappa shape index (κ1) is 17.7. The van der Waals surface area contributed by atoms with Gasteiger partial charge in [-0.3, -0.25) is 9.79 Å². The van der Waals surface area contributed by atoms with Crippen LogP contribution in [-0.2, 0) is 4.79 Å². The Kier molecular flexibility index (Phi) is 7.26. The number of aliphatic imine (C=N–C) groups is 1.